The molecule has 1 rings (SSSR count). The molecule has 1 aromatic rings. The molecule has 0 aliphatic rings. The summed E-state index contributed by atoms with van der Waals surface area (Å²) in [6, 6.07) is 5.43. The third kappa shape index (κ3) is 5.83. The second-order valence-corrected chi connectivity index (χ2v) is 5.76. The van der Waals surface area contributed by atoms with Gasteiger partial charge in [-0.25, -0.2) is 4.39 Å². The number of rotatable bonds is 7. The summed E-state index contributed by atoms with van der Waals surface area (Å²) < 4.78 is 13.2. The molecule has 0 aromatic heterocycles. The molecule has 0 spiro atoms. The summed E-state index contributed by atoms with van der Waals surface area (Å²) in [5.41, 5.74) is 0.938. The van der Waals surface area contributed by atoms with Crippen LogP contribution >= 0.6 is 11.6 Å². The van der Waals surface area contributed by atoms with Crippen molar-refractivity contribution in [3.8, 4) is 0 Å². The fraction of sp³-hybridized carbons (Fsp3) is 0.600. The van der Waals surface area contributed by atoms with Crippen molar-refractivity contribution >= 4 is 11.6 Å². The van der Waals surface area contributed by atoms with Crippen LogP contribution in [0.4, 0.5) is 4.39 Å². The third-order valence-electron chi connectivity index (χ3n) is 3.06. The minimum absolute atomic E-state index is 0.184. The molecular formula is C15H23ClFN. The maximum absolute atomic E-state index is 13.2. The van der Waals surface area contributed by atoms with E-state index in [-0.39, 0.29) is 10.8 Å². The van der Waals surface area contributed by atoms with Gasteiger partial charge in [-0.05, 0) is 37.0 Å². The summed E-state index contributed by atoms with van der Waals surface area (Å²) in [7, 11) is 0. The maximum Gasteiger partial charge on any atom is 0.142 e. The van der Waals surface area contributed by atoms with Crippen LogP contribution in [0.2, 0.25) is 5.02 Å². The first-order chi connectivity index (χ1) is 8.49. The number of hydrogen-bond donors (Lipinski definition) is 1. The summed E-state index contributed by atoms with van der Waals surface area (Å²) in [5.74, 6) is 0.422. The van der Waals surface area contributed by atoms with Gasteiger partial charge in [0.15, 0.2) is 0 Å². The highest BCUT2D eigenvalue weighted by molar-refractivity contribution is 6.30. The largest absolute Gasteiger partial charge is 0.310 e. The second kappa shape index (κ2) is 7.75. The smallest absolute Gasteiger partial charge is 0.142 e. The average Bonchev–Trinajstić information content (AvgIpc) is 2.30. The fourth-order valence-corrected chi connectivity index (χ4v) is 1.99. The monoisotopic (exact) mass is 271 g/mol. The van der Waals surface area contributed by atoms with E-state index in [1.165, 1.54) is 18.9 Å². The van der Waals surface area contributed by atoms with Crippen LogP contribution in [0.25, 0.3) is 0 Å². The Morgan fingerprint density at radius 3 is 2.56 bits per heavy atom. The Kier molecular flexibility index (Phi) is 6.66. The Labute approximate surface area is 115 Å². The van der Waals surface area contributed by atoms with Gasteiger partial charge in [-0.3, -0.25) is 0 Å². The van der Waals surface area contributed by atoms with E-state index >= 15 is 0 Å². The number of nitrogens with one attached hydrogen (secondary N) is 1. The molecule has 0 aliphatic heterocycles. The predicted octanol–water partition coefficient (Wildman–Crippen LogP) is 4.78. The molecule has 0 saturated heterocycles. The lowest BCUT2D eigenvalue weighted by atomic mass is 10.0. The summed E-state index contributed by atoms with van der Waals surface area (Å²) in [6.07, 6.45) is 3.66. The molecule has 3 heteroatoms. The first-order valence-electron chi connectivity index (χ1n) is 6.66. The van der Waals surface area contributed by atoms with E-state index in [2.05, 4.69) is 26.1 Å². The van der Waals surface area contributed by atoms with Gasteiger partial charge in [-0.2, -0.15) is 0 Å². The molecule has 18 heavy (non-hydrogen) atoms. The lowest BCUT2D eigenvalue weighted by Crippen LogP contribution is -2.25. The molecule has 0 amide bonds. The Balaban J connectivity index is 2.29. The highest BCUT2D eigenvalue weighted by atomic mass is 35.5. The molecule has 0 radical (unpaired) electrons. The maximum atomic E-state index is 13.2. The summed E-state index contributed by atoms with van der Waals surface area (Å²) in [4.78, 5) is 0. The van der Waals surface area contributed by atoms with Crippen molar-refractivity contribution < 1.29 is 4.39 Å². The fourth-order valence-electron chi connectivity index (χ4n) is 1.88. The zero-order chi connectivity index (χ0) is 13.5. The van der Waals surface area contributed by atoms with Gasteiger partial charge < -0.3 is 5.32 Å². The van der Waals surface area contributed by atoms with Crippen LogP contribution < -0.4 is 5.32 Å². The van der Waals surface area contributed by atoms with Crippen molar-refractivity contribution in [2.75, 3.05) is 0 Å². The van der Waals surface area contributed by atoms with Gasteiger partial charge in [0.2, 0.25) is 0 Å². The third-order valence-corrected chi connectivity index (χ3v) is 3.36. The Bertz CT molecular complexity index is 366. The lowest BCUT2D eigenvalue weighted by molar-refractivity contribution is 0.456. The van der Waals surface area contributed by atoms with Crippen molar-refractivity contribution in [2.45, 2.75) is 52.6 Å². The van der Waals surface area contributed by atoms with E-state index in [1.54, 1.807) is 6.07 Å². The molecule has 1 N–H and O–H groups in total. The Morgan fingerprint density at radius 1 is 1.22 bits per heavy atom. The first-order valence-corrected chi connectivity index (χ1v) is 7.04. The van der Waals surface area contributed by atoms with Crippen molar-refractivity contribution in [2.24, 2.45) is 5.92 Å². The minimum atomic E-state index is -0.344. The normalized spacial score (nSPS) is 13.0. The van der Waals surface area contributed by atoms with Gasteiger partial charge in [-0.1, -0.05) is 44.4 Å². The molecule has 1 atom stereocenters. The van der Waals surface area contributed by atoms with E-state index in [0.717, 1.165) is 17.9 Å². The zero-order valence-corrected chi connectivity index (χ0v) is 12.2. The predicted molar refractivity (Wildman–Crippen MR) is 76.4 cm³/mol. The van der Waals surface area contributed by atoms with E-state index in [4.69, 9.17) is 11.6 Å². The molecule has 102 valence electrons. The second-order valence-electron chi connectivity index (χ2n) is 5.36. The number of hydrogen-bond acceptors (Lipinski definition) is 1. The molecule has 1 unspecified atom stereocenters. The molecule has 1 nitrogen and oxygen atoms in total. The van der Waals surface area contributed by atoms with Crippen LogP contribution in [0, 0.1) is 11.7 Å². The van der Waals surface area contributed by atoms with Gasteiger partial charge in [0.25, 0.3) is 0 Å². The van der Waals surface area contributed by atoms with Crippen molar-refractivity contribution in [1.29, 1.82) is 0 Å². The van der Waals surface area contributed by atoms with E-state index in [0.29, 0.717) is 12.6 Å². The topological polar surface area (TPSA) is 12.0 Å². The lowest BCUT2D eigenvalue weighted by Gasteiger charge is -2.14. The standard InChI is InChI=1S/C15H23ClFN/c1-11(2)5-4-6-12(3)18-10-13-7-8-14(16)15(17)9-13/h7-9,11-12,18H,4-6,10H2,1-3H3. The van der Waals surface area contributed by atoms with Gasteiger partial charge >= 0.3 is 0 Å². The molecule has 0 fully saturated rings. The number of halogens is 2. The average molecular weight is 272 g/mol. The van der Waals surface area contributed by atoms with E-state index < -0.39 is 0 Å². The van der Waals surface area contributed by atoms with E-state index in [1.807, 2.05) is 6.07 Å². The van der Waals surface area contributed by atoms with Crippen LogP contribution in [0.1, 0.15) is 45.6 Å². The molecular weight excluding hydrogens is 249 g/mol. The van der Waals surface area contributed by atoms with Gasteiger partial charge in [-0.15, -0.1) is 0 Å². The number of benzene rings is 1. The van der Waals surface area contributed by atoms with Crippen LogP contribution in [-0.4, -0.2) is 6.04 Å². The quantitative estimate of drug-likeness (QED) is 0.752. The van der Waals surface area contributed by atoms with Gasteiger partial charge in [0.05, 0.1) is 5.02 Å². The highest BCUT2D eigenvalue weighted by Crippen LogP contribution is 2.15. The van der Waals surface area contributed by atoms with Gasteiger partial charge in [0, 0.05) is 12.6 Å². The summed E-state index contributed by atoms with van der Waals surface area (Å²) in [6.45, 7) is 7.35. The molecule has 1 aromatic carbocycles. The Hall–Kier alpha value is -0.600. The SMILES string of the molecule is CC(C)CCCC(C)NCc1ccc(Cl)c(F)c1. The van der Waals surface area contributed by atoms with Crippen molar-refractivity contribution in [3.05, 3.63) is 34.6 Å². The minimum Gasteiger partial charge on any atom is -0.310 e. The van der Waals surface area contributed by atoms with Crippen LogP contribution in [0.5, 0.6) is 0 Å². The molecule has 0 bridgehead atoms. The molecule has 0 saturated carbocycles. The Morgan fingerprint density at radius 2 is 1.94 bits per heavy atom. The van der Waals surface area contributed by atoms with Crippen molar-refractivity contribution in [3.63, 3.8) is 0 Å². The van der Waals surface area contributed by atoms with Crippen LogP contribution in [0.3, 0.4) is 0 Å². The molecule has 0 heterocycles. The first kappa shape index (κ1) is 15.5. The summed E-state index contributed by atoms with van der Waals surface area (Å²) in [5, 5.41) is 3.59. The van der Waals surface area contributed by atoms with Gasteiger partial charge in [0.1, 0.15) is 5.82 Å². The highest BCUT2D eigenvalue weighted by Gasteiger charge is 2.04. The summed E-state index contributed by atoms with van der Waals surface area (Å²) >= 11 is 5.65. The van der Waals surface area contributed by atoms with Crippen LogP contribution in [-0.2, 0) is 6.54 Å². The molecule has 0 aliphatic carbocycles. The van der Waals surface area contributed by atoms with Crippen LogP contribution in [0.15, 0.2) is 18.2 Å². The van der Waals surface area contributed by atoms with Crippen molar-refractivity contribution in [1.82, 2.24) is 5.32 Å². The zero-order valence-electron chi connectivity index (χ0n) is 11.5. The van der Waals surface area contributed by atoms with E-state index in [9.17, 15) is 4.39 Å².